The number of rotatable bonds is 34. The zero-order valence-electron chi connectivity index (χ0n) is 31.7. The number of amides is 1. The van der Waals surface area contributed by atoms with Gasteiger partial charge in [-0.05, 0) is 44.9 Å². The van der Waals surface area contributed by atoms with E-state index >= 15 is 0 Å². The third kappa shape index (κ3) is 33.2. The van der Waals surface area contributed by atoms with E-state index in [0.29, 0.717) is 17.4 Å². The fraction of sp³-hybridized carbons (Fsp3) is 0.821. The summed E-state index contributed by atoms with van der Waals surface area (Å²) in [7, 11) is 1.56. The second-order valence-corrected chi connectivity index (χ2v) is 15.8. The third-order valence-electron chi connectivity index (χ3n) is 8.34. The van der Waals surface area contributed by atoms with Crippen molar-refractivity contribution >= 4 is 13.7 Å². The number of aliphatic hydroxyl groups excluding tert-OH is 1. The van der Waals surface area contributed by atoms with Crippen LogP contribution in [0.5, 0.6) is 0 Å². The Morgan fingerprint density at radius 2 is 1.23 bits per heavy atom. The molecule has 8 nitrogen and oxygen atoms in total. The average molecular weight is 700 g/mol. The van der Waals surface area contributed by atoms with Crippen molar-refractivity contribution in [3.63, 3.8) is 0 Å². The van der Waals surface area contributed by atoms with Crippen LogP contribution in [-0.2, 0) is 18.4 Å². The van der Waals surface area contributed by atoms with Crippen LogP contribution in [0.3, 0.4) is 0 Å². The van der Waals surface area contributed by atoms with E-state index in [1.54, 1.807) is 6.08 Å². The Morgan fingerprint density at radius 3 is 1.79 bits per heavy atom. The highest BCUT2D eigenvalue weighted by Gasteiger charge is 2.27. The Bertz CT molecular complexity index is 886. The minimum Gasteiger partial charge on any atom is -0.387 e. The van der Waals surface area contributed by atoms with Crippen molar-refractivity contribution in [3.05, 3.63) is 36.5 Å². The number of nitrogens with one attached hydrogen (secondary N) is 1. The van der Waals surface area contributed by atoms with Crippen molar-refractivity contribution in [3.8, 4) is 0 Å². The van der Waals surface area contributed by atoms with Gasteiger partial charge in [0, 0.05) is 6.42 Å². The molecule has 0 radical (unpaired) electrons. The van der Waals surface area contributed by atoms with E-state index in [4.69, 9.17) is 9.05 Å². The number of hydrogen-bond acceptors (Lipinski definition) is 5. The molecule has 0 aromatic rings. The molecule has 0 aliphatic rings. The minimum atomic E-state index is -4.33. The van der Waals surface area contributed by atoms with Gasteiger partial charge in [0.1, 0.15) is 13.2 Å². The van der Waals surface area contributed by atoms with Crippen LogP contribution in [-0.4, -0.2) is 73.4 Å². The number of phosphoric ester groups is 1. The maximum atomic E-state index is 12.8. The van der Waals surface area contributed by atoms with Gasteiger partial charge in [0.25, 0.3) is 0 Å². The van der Waals surface area contributed by atoms with E-state index in [1.165, 1.54) is 64.2 Å². The Kier molecular flexibility index (Phi) is 30.8. The van der Waals surface area contributed by atoms with Gasteiger partial charge in [-0.3, -0.25) is 13.8 Å². The first-order valence-electron chi connectivity index (χ1n) is 19.4. The van der Waals surface area contributed by atoms with Gasteiger partial charge in [0.15, 0.2) is 0 Å². The molecule has 3 atom stereocenters. The third-order valence-corrected chi connectivity index (χ3v) is 9.32. The van der Waals surface area contributed by atoms with Gasteiger partial charge in [-0.1, -0.05) is 140 Å². The van der Waals surface area contributed by atoms with E-state index < -0.39 is 20.0 Å². The highest BCUT2D eigenvalue weighted by Crippen LogP contribution is 2.43. The van der Waals surface area contributed by atoms with Crippen LogP contribution in [0.4, 0.5) is 0 Å². The molecule has 0 rings (SSSR count). The summed E-state index contributed by atoms with van der Waals surface area (Å²) in [4.78, 5) is 23.0. The molecule has 0 heterocycles. The lowest BCUT2D eigenvalue weighted by atomic mass is 10.0. The van der Waals surface area contributed by atoms with Gasteiger partial charge in [0.05, 0.1) is 39.9 Å². The highest BCUT2D eigenvalue weighted by atomic mass is 31.2. The molecule has 3 unspecified atom stereocenters. The normalized spacial score (nSPS) is 15.1. The number of hydrogen-bond donors (Lipinski definition) is 3. The lowest BCUT2D eigenvalue weighted by Gasteiger charge is -2.25. The summed E-state index contributed by atoms with van der Waals surface area (Å²) in [6.07, 6.45) is 36.3. The van der Waals surface area contributed by atoms with Crippen LogP contribution in [0.2, 0.25) is 0 Å². The first-order valence-corrected chi connectivity index (χ1v) is 20.9. The minimum absolute atomic E-state index is 0.0579. The zero-order chi connectivity index (χ0) is 35.8. The molecule has 0 saturated carbocycles. The molecule has 0 aromatic carbocycles. The Balaban J connectivity index is 4.57. The number of carbonyl (C=O) groups is 1. The molecule has 48 heavy (non-hydrogen) atoms. The predicted octanol–water partition coefficient (Wildman–Crippen LogP) is 9.96. The molecule has 0 aliphatic heterocycles. The largest absolute Gasteiger partial charge is 0.472 e. The first kappa shape index (κ1) is 46.7. The van der Waals surface area contributed by atoms with E-state index in [-0.39, 0.29) is 19.1 Å². The van der Waals surface area contributed by atoms with Crippen LogP contribution in [0.25, 0.3) is 0 Å². The number of quaternary nitrogens is 1. The SMILES string of the molecule is CCC/C=C\C/C=C\CCCCCCCC(=O)NC(COP(=O)(O)OCC[N+](C)(C)C)C(O)/C=C/CCCCCCCCCCCCC. The number of likely N-dealkylation sites (N-methyl/N-ethyl adjacent to an activating group) is 1. The molecule has 0 aromatic heterocycles. The molecular weight excluding hydrogens is 623 g/mol. The molecular formula is C39H76N2O6P+. The second-order valence-electron chi connectivity index (χ2n) is 14.3. The van der Waals surface area contributed by atoms with Gasteiger partial charge in [-0.25, -0.2) is 4.57 Å². The quantitative estimate of drug-likeness (QED) is 0.0267. The molecule has 3 N–H and O–H groups in total. The summed E-state index contributed by atoms with van der Waals surface area (Å²) >= 11 is 0. The van der Waals surface area contributed by atoms with E-state index in [2.05, 4.69) is 43.5 Å². The first-order chi connectivity index (χ1) is 23.0. The van der Waals surface area contributed by atoms with Crippen LogP contribution in [0, 0.1) is 0 Å². The Hall–Kier alpha value is -1.28. The smallest absolute Gasteiger partial charge is 0.387 e. The molecule has 9 heteroatoms. The summed E-state index contributed by atoms with van der Waals surface area (Å²) in [5, 5.41) is 13.7. The topological polar surface area (TPSA) is 105 Å². The van der Waals surface area contributed by atoms with Crippen molar-refractivity contribution in [1.82, 2.24) is 5.32 Å². The monoisotopic (exact) mass is 700 g/mol. The second kappa shape index (κ2) is 31.7. The maximum absolute atomic E-state index is 12.8. The van der Waals surface area contributed by atoms with Crippen molar-refractivity contribution < 1.29 is 32.9 Å². The van der Waals surface area contributed by atoms with Gasteiger partial charge in [-0.2, -0.15) is 0 Å². The summed E-state index contributed by atoms with van der Waals surface area (Å²) in [5.74, 6) is -0.195. The lowest BCUT2D eigenvalue weighted by Crippen LogP contribution is -2.45. The van der Waals surface area contributed by atoms with Gasteiger partial charge < -0.3 is 19.8 Å². The fourth-order valence-electron chi connectivity index (χ4n) is 5.19. The van der Waals surface area contributed by atoms with Crippen molar-refractivity contribution in [2.75, 3.05) is 40.9 Å². The molecule has 0 spiro atoms. The zero-order valence-corrected chi connectivity index (χ0v) is 32.6. The summed E-state index contributed by atoms with van der Waals surface area (Å²) in [5.41, 5.74) is 0. The van der Waals surface area contributed by atoms with E-state index in [0.717, 1.165) is 70.6 Å². The lowest BCUT2D eigenvalue weighted by molar-refractivity contribution is -0.870. The van der Waals surface area contributed by atoms with Crippen molar-refractivity contribution in [2.45, 2.75) is 167 Å². The number of phosphoric acid groups is 1. The van der Waals surface area contributed by atoms with Crippen LogP contribution < -0.4 is 5.32 Å². The standard InChI is InChI=1S/C39H75N2O6P/c1-6-8-10-12-14-16-18-20-22-24-26-28-30-32-38(42)37(36-47-48(44,45)46-35-34-41(3,4)5)40-39(43)33-31-29-27-25-23-21-19-17-15-13-11-9-7-2/h11,13,17,19,30,32,37-38,42H,6-10,12,14-16,18,20-29,31,33-36H2,1-5H3,(H-,40,43,44,45)/p+1/b13-11-,19-17-,32-30+. The van der Waals surface area contributed by atoms with Crippen LogP contribution >= 0.6 is 7.82 Å². The molecule has 0 saturated heterocycles. The van der Waals surface area contributed by atoms with E-state index in [9.17, 15) is 19.4 Å². The Labute approximate surface area is 296 Å². The number of nitrogens with zero attached hydrogens (tertiary/aromatic N) is 1. The number of aliphatic hydroxyl groups is 1. The van der Waals surface area contributed by atoms with E-state index in [1.807, 2.05) is 27.2 Å². The molecule has 0 fully saturated rings. The molecule has 282 valence electrons. The van der Waals surface area contributed by atoms with Crippen molar-refractivity contribution in [2.24, 2.45) is 0 Å². The Morgan fingerprint density at radius 1 is 0.708 bits per heavy atom. The van der Waals surface area contributed by atoms with Crippen LogP contribution in [0.15, 0.2) is 36.5 Å². The summed E-state index contributed by atoms with van der Waals surface area (Å²) in [6.45, 7) is 4.71. The molecule has 0 bridgehead atoms. The predicted molar refractivity (Wildman–Crippen MR) is 203 cm³/mol. The number of carbonyl (C=O) groups excluding carboxylic acids is 1. The van der Waals surface area contributed by atoms with Gasteiger partial charge in [0.2, 0.25) is 5.91 Å². The molecule has 1 amide bonds. The summed E-state index contributed by atoms with van der Waals surface area (Å²) in [6, 6.07) is -0.850. The van der Waals surface area contributed by atoms with Crippen LogP contribution in [0.1, 0.15) is 155 Å². The summed E-state index contributed by atoms with van der Waals surface area (Å²) < 4.78 is 23.4. The molecule has 0 aliphatic carbocycles. The van der Waals surface area contributed by atoms with Gasteiger partial charge >= 0.3 is 7.82 Å². The highest BCUT2D eigenvalue weighted by molar-refractivity contribution is 7.47. The average Bonchev–Trinajstić information content (AvgIpc) is 3.02. The fourth-order valence-corrected chi connectivity index (χ4v) is 5.93. The van der Waals surface area contributed by atoms with Crippen molar-refractivity contribution in [1.29, 1.82) is 0 Å². The number of allylic oxidation sites excluding steroid dienone is 5. The van der Waals surface area contributed by atoms with Gasteiger partial charge in [-0.15, -0.1) is 0 Å². The maximum Gasteiger partial charge on any atom is 0.472 e. The number of unbranched alkanes of at least 4 members (excludes halogenated alkanes) is 17.